The SMILES string of the molecule is CCOc1cccc(C(C)Nc2ccc(C#N)cn2)c1. The van der Waals surface area contributed by atoms with E-state index < -0.39 is 0 Å². The van der Waals surface area contributed by atoms with Crippen LogP contribution < -0.4 is 10.1 Å². The minimum atomic E-state index is 0.107. The molecule has 0 saturated heterocycles. The molecular weight excluding hydrogens is 250 g/mol. The Morgan fingerprint density at radius 1 is 1.35 bits per heavy atom. The van der Waals surface area contributed by atoms with Gasteiger partial charge in [-0.3, -0.25) is 0 Å². The van der Waals surface area contributed by atoms with Crippen LogP contribution >= 0.6 is 0 Å². The Bertz CT molecular complexity index is 602. The van der Waals surface area contributed by atoms with Gasteiger partial charge in [0, 0.05) is 6.20 Å². The lowest BCUT2D eigenvalue weighted by Gasteiger charge is -2.16. The van der Waals surface area contributed by atoms with E-state index in [9.17, 15) is 0 Å². The Balaban J connectivity index is 2.08. The molecule has 1 N–H and O–H groups in total. The second-order valence-electron chi connectivity index (χ2n) is 4.42. The summed E-state index contributed by atoms with van der Waals surface area (Å²) < 4.78 is 5.50. The third-order valence-corrected chi connectivity index (χ3v) is 2.93. The van der Waals surface area contributed by atoms with E-state index in [0.29, 0.717) is 12.2 Å². The van der Waals surface area contributed by atoms with E-state index in [-0.39, 0.29) is 6.04 Å². The molecule has 1 unspecified atom stereocenters. The van der Waals surface area contributed by atoms with Crippen LogP contribution in [0.4, 0.5) is 5.82 Å². The first-order valence-electron chi connectivity index (χ1n) is 6.58. The fourth-order valence-electron chi connectivity index (χ4n) is 1.89. The molecule has 0 aliphatic rings. The molecule has 1 heterocycles. The molecule has 1 aromatic carbocycles. The third kappa shape index (κ3) is 3.48. The van der Waals surface area contributed by atoms with E-state index >= 15 is 0 Å². The van der Waals surface area contributed by atoms with Gasteiger partial charge in [0.05, 0.1) is 18.2 Å². The Labute approximate surface area is 119 Å². The van der Waals surface area contributed by atoms with Gasteiger partial charge in [-0.15, -0.1) is 0 Å². The van der Waals surface area contributed by atoms with Crippen molar-refractivity contribution in [2.45, 2.75) is 19.9 Å². The van der Waals surface area contributed by atoms with Crippen molar-refractivity contribution in [3.8, 4) is 11.8 Å². The molecule has 102 valence electrons. The summed E-state index contributed by atoms with van der Waals surface area (Å²) in [6, 6.07) is 13.7. The van der Waals surface area contributed by atoms with E-state index in [0.717, 1.165) is 17.1 Å². The Morgan fingerprint density at radius 2 is 2.20 bits per heavy atom. The highest BCUT2D eigenvalue weighted by molar-refractivity contribution is 5.42. The molecule has 0 fully saturated rings. The minimum absolute atomic E-state index is 0.107. The minimum Gasteiger partial charge on any atom is -0.494 e. The predicted octanol–water partition coefficient (Wildman–Crippen LogP) is 3.53. The maximum absolute atomic E-state index is 8.75. The highest BCUT2D eigenvalue weighted by Gasteiger charge is 2.07. The summed E-state index contributed by atoms with van der Waals surface area (Å²) >= 11 is 0. The van der Waals surface area contributed by atoms with E-state index in [4.69, 9.17) is 10.00 Å². The Morgan fingerprint density at radius 3 is 2.85 bits per heavy atom. The van der Waals surface area contributed by atoms with Crippen LogP contribution in [0.3, 0.4) is 0 Å². The number of nitrogens with one attached hydrogen (secondary N) is 1. The van der Waals surface area contributed by atoms with Crippen molar-refractivity contribution in [1.29, 1.82) is 5.26 Å². The third-order valence-electron chi connectivity index (χ3n) is 2.93. The Hall–Kier alpha value is -2.54. The molecule has 20 heavy (non-hydrogen) atoms. The first-order valence-corrected chi connectivity index (χ1v) is 6.58. The van der Waals surface area contributed by atoms with Crippen LogP contribution in [0.5, 0.6) is 5.75 Å². The van der Waals surface area contributed by atoms with Gasteiger partial charge in [0.1, 0.15) is 17.6 Å². The normalized spacial score (nSPS) is 11.4. The zero-order chi connectivity index (χ0) is 14.4. The number of anilines is 1. The Kier molecular flexibility index (Phi) is 4.56. The zero-order valence-electron chi connectivity index (χ0n) is 11.6. The van der Waals surface area contributed by atoms with Crippen molar-refractivity contribution in [1.82, 2.24) is 4.98 Å². The van der Waals surface area contributed by atoms with Gasteiger partial charge >= 0.3 is 0 Å². The molecule has 4 heteroatoms. The molecule has 0 saturated carbocycles. The lowest BCUT2D eigenvalue weighted by molar-refractivity contribution is 0.340. The number of nitriles is 1. The van der Waals surface area contributed by atoms with Gasteiger partial charge < -0.3 is 10.1 Å². The molecule has 0 amide bonds. The van der Waals surface area contributed by atoms with Gasteiger partial charge in [-0.25, -0.2) is 4.98 Å². The monoisotopic (exact) mass is 267 g/mol. The summed E-state index contributed by atoms with van der Waals surface area (Å²) in [5.41, 5.74) is 1.68. The quantitative estimate of drug-likeness (QED) is 0.900. The van der Waals surface area contributed by atoms with Crippen LogP contribution in [0.1, 0.15) is 31.0 Å². The van der Waals surface area contributed by atoms with Crippen molar-refractivity contribution in [2.24, 2.45) is 0 Å². The average Bonchev–Trinajstić information content (AvgIpc) is 2.48. The molecule has 1 aromatic heterocycles. The van der Waals surface area contributed by atoms with E-state index in [1.54, 1.807) is 18.3 Å². The smallest absolute Gasteiger partial charge is 0.126 e. The van der Waals surface area contributed by atoms with Crippen LogP contribution in [-0.2, 0) is 0 Å². The van der Waals surface area contributed by atoms with Gasteiger partial charge in [-0.2, -0.15) is 5.26 Å². The lowest BCUT2D eigenvalue weighted by Crippen LogP contribution is -2.08. The highest BCUT2D eigenvalue weighted by Crippen LogP contribution is 2.22. The number of ether oxygens (including phenoxy) is 1. The first kappa shape index (κ1) is 13.9. The van der Waals surface area contributed by atoms with Crippen LogP contribution in [0.25, 0.3) is 0 Å². The maximum atomic E-state index is 8.75. The molecular formula is C16H17N3O. The van der Waals surface area contributed by atoms with Crippen LogP contribution in [-0.4, -0.2) is 11.6 Å². The molecule has 2 aromatic rings. The summed E-state index contributed by atoms with van der Waals surface area (Å²) in [4.78, 5) is 4.21. The second-order valence-corrected chi connectivity index (χ2v) is 4.42. The van der Waals surface area contributed by atoms with Crippen molar-refractivity contribution in [3.05, 3.63) is 53.7 Å². The summed E-state index contributed by atoms with van der Waals surface area (Å²) in [5, 5.41) is 12.0. The molecule has 0 radical (unpaired) electrons. The number of nitrogens with zero attached hydrogens (tertiary/aromatic N) is 2. The standard InChI is InChI=1S/C16H17N3O/c1-3-20-15-6-4-5-14(9-15)12(2)19-16-8-7-13(10-17)11-18-16/h4-9,11-12H,3H2,1-2H3,(H,18,19). The molecule has 0 spiro atoms. The van der Waals surface area contributed by atoms with Gasteiger partial charge in [-0.05, 0) is 43.7 Å². The summed E-state index contributed by atoms with van der Waals surface area (Å²) in [5.74, 6) is 1.62. The van der Waals surface area contributed by atoms with Gasteiger partial charge in [0.15, 0.2) is 0 Å². The topological polar surface area (TPSA) is 57.9 Å². The second kappa shape index (κ2) is 6.58. The summed E-state index contributed by atoms with van der Waals surface area (Å²) in [7, 11) is 0. The number of rotatable bonds is 5. The number of benzene rings is 1. The van der Waals surface area contributed by atoms with Crippen LogP contribution in [0, 0.1) is 11.3 Å². The molecule has 1 atom stereocenters. The van der Waals surface area contributed by atoms with Gasteiger partial charge in [-0.1, -0.05) is 12.1 Å². The maximum Gasteiger partial charge on any atom is 0.126 e. The van der Waals surface area contributed by atoms with Gasteiger partial charge in [0.25, 0.3) is 0 Å². The van der Waals surface area contributed by atoms with Crippen molar-refractivity contribution < 1.29 is 4.74 Å². The van der Waals surface area contributed by atoms with Crippen molar-refractivity contribution in [3.63, 3.8) is 0 Å². The fraction of sp³-hybridized carbons (Fsp3) is 0.250. The van der Waals surface area contributed by atoms with E-state index in [1.807, 2.05) is 31.2 Å². The van der Waals surface area contributed by atoms with E-state index in [1.165, 1.54) is 0 Å². The first-order chi connectivity index (χ1) is 9.72. The highest BCUT2D eigenvalue weighted by atomic mass is 16.5. The summed E-state index contributed by atoms with van der Waals surface area (Å²) in [6.07, 6.45) is 1.56. The largest absolute Gasteiger partial charge is 0.494 e. The molecule has 0 bridgehead atoms. The fourth-order valence-corrected chi connectivity index (χ4v) is 1.89. The lowest BCUT2D eigenvalue weighted by atomic mass is 10.1. The van der Waals surface area contributed by atoms with Crippen molar-refractivity contribution in [2.75, 3.05) is 11.9 Å². The number of aromatic nitrogens is 1. The zero-order valence-corrected chi connectivity index (χ0v) is 11.6. The molecule has 4 nitrogen and oxygen atoms in total. The van der Waals surface area contributed by atoms with Crippen LogP contribution in [0.15, 0.2) is 42.6 Å². The number of hydrogen-bond acceptors (Lipinski definition) is 4. The molecule has 0 aliphatic carbocycles. The summed E-state index contributed by atoms with van der Waals surface area (Å²) in [6.45, 7) is 4.68. The van der Waals surface area contributed by atoms with Crippen molar-refractivity contribution >= 4 is 5.82 Å². The van der Waals surface area contributed by atoms with E-state index in [2.05, 4.69) is 23.3 Å². The van der Waals surface area contributed by atoms with Crippen LogP contribution in [0.2, 0.25) is 0 Å². The predicted molar refractivity (Wildman–Crippen MR) is 78.6 cm³/mol. The average molecular weight is 267 g/mol. The molecule has 0 aliphatic heterocycles. The molecule has 2 rings (SSSR count). The van der Waals surface area contributed by atoms with Gasteiger partial charge in [0.2, 0.25) is 0 Å². The number of hydrogen-bond donors (Lipinski definition) is 1. The number of pyridine rings is 1.